The Labute approximate surface area is 488 Å². The number of ether oxygens (including phenoxy) is 3. The van der Waals surface area contributed by atoms with E-state index in [4.69, 9.17) is 14.2 Å². The van der Waals surface area contributed by atoms with E-state index in [0.29, 0.717) is 19.3 Å². The smallest absolute Gasteiger partial charge is 0.306 e. The van der Waals surface area contributed by atoms with Crippen molar-refractivity contribution in [3.05, 3.63) is 122 Å². The zero-order valence-electron chi connectivity index (χ0n) is 51.6. The minimum Gasteiger partial charge on any atom is -0.462 e. The molecule has 0 fully saturated rings. The van der Waals surface area contributed by atoms with Crippen molar-refractivity contribution in [2.45, 2.75) is 309 Å². The van der Waals surface area contributed by atoms with Crippen LogP contribution in [0.3, 0.4) is 0 Å². The van der Waals surface area contributed by atoms with Crippen LogP contribution in [0.4, 0.5) is 0 Å². The average Bonchev–Trinajstić information content (AvgIpc) is 3.45. The van der Waals surface area contributed by atoms with Gasteiger partial charge in [0, 0.05) is 19.3 Å². The summed E-state index contributed by atoms with van der Waals surface area (Å²) in [6.45, 7) is 6.46. The predicted molar refractivity (Wildman–Crippen MR) is 343 cm³/mol. The highest BCUT2D eigenvalue weighted by atomic mass is 16.6. The van der Waals surface area contributed by atoms with Crippen LogP contribution in [0.5, 0.6) is 0 Å². The summed E-state index contributed by atoms with van der Waals surface area (Å²) in [5.41, 5.74) is 0. The highest BCUT2D eigenvalue weighted by molar-refractivity contribution is 5.71. The van der Waals surface area contributed by atoms with Gasteiger partial charge in [-0.25, -0.2) is 0 Å². The van der Waals surface area contributed by atoms with Crippen LogP contribution in [0.25, 0.3) is 0 Å². The molecule has 1 atom stereocenters. The number of allylic oxidation sites excluding steroid dienone is 20. The highest BCUT2D eigenvalue weighted by Gasteiger charge is 2.19. The standard InChI is InChI=1S/C73H122O6/c1-4-7-10-13-16-19-22-25-28-30-32-33-34-35-36-37-38-39-41-42-45-48-51-54-57-60-63-66-72(75)78-69-70(68-77-71(74)65-62-59-56-53-50-47-44-27-24-21-18-15-12-9-6-3)79-73(76)67-64-61-58-55-52-49-46-43-40-31-29-26-23-20-17-14-11-8-5-2/h9,12,17-18,20-22,25-27,29-30,32,34-35,40,43-44,50,53,70H,4-8,10-11,13-16,19,23-24,28,31,33,36-39,41-42,45-49,51-52,54-69H2,1-3H3/b12-9-,20-17-,21-18-,25-22-,29-26-,32-30-,35-34-,43-40-,44-27-,53-50-. The summed E-state index contributed by atoms with van der Waals surface area (Å²) in [5.74, 6) is -0.952. The molecule has 79 heavy (non-hydrogen) atoms. The molecule has 0 aromatic heterocycles. The third-order valence-corrected chi connectivity index (χ3v) is 13.9. The molecule has 0 amide bonds. The lowest BCUT2D eigenvalue weighted by Crippen LogP contribution is -2.30. The zero-order valence-corrected chi connectivity index (χ0v) is 51.6. The predicted octanol–water partition coefficient (Wildman–Crippen LogP) is 22.8. The molecule has 6 heteroatoms. The molecule has 1 unspecified atom stereocenters. The van der Waals surface area contributed by atoms with Gasteiger partial charge in [-0.2, -0.15) is 0 Å². The number of unbranched alkanes of at least 4 members (excludes halogenated alkanes) is 28. The quantitative estimate of drug-likeness (QED) is 0.0261. The molecular formula is C73H122O6. The van der Waals surface area contributed by atoms with Crippen molar-refractivity contribution in [3.63, 3.8) is 0 Å². The maximum absolute atomic E-state index is 12.9. The van der Waals surface area contributed by atoms with Crippen LogP contribution in [0.2, 0.25) is 0 Å². The molecule has 0 rings (SSSR count). The van der Waals surface area contributed by atoms with Crippen LogP contribution in [0.15, 0.2) is 122 Å². The Balaban J connectivity index is 4.38. The van der Waals surface area contributed by atoms with Gasteiger partial charge in [-0.3, -0.25) is 14.4 Å². The number of esters is 3. The molecule has 0 aromatic rings. The summed E-state index contributed by atoms with van der Waals surface area (Å²) in [6.07, 6.45) is 92.1. The molecule has 0 saturated heterocycles. The SMILES string of the molecule is CC/C=C\C/C=C\C/C=C\C/C=C\CCCCC(=O)OCC(COC(=O)CCCCCCCCCCCCCC/C=C\C/C=C\C/C=C\CCCCCCC)OC(=O)CCCCCCCC/C=C\C/C=C\C/C=C\CCCCC. The largest absolute Gasteiger partial charge is 0.462 e. The van der Waals surface area contributed by atoms with E-state index in [-0.39, 0.29) is 31.1 Å². The molecule has 0 aliphatic rings. The van der Waals surface area contributed by atoms with Gasteiger partial charge < -0.3 is 14.2 Å². The van der Waals surface area contributed by atoms with Crippen LogP contribution < -0.4 is 0 Å². The fourth-order valence-electron chi connectivity index (χ4n) is 8.98. The number of carbonyl (C=O) groups is 3. The van der Waals surface area contributed by atoms with Gasteiger partial charge >= 0.3 is 17.9 Å². The Bertz CT molecular complexity index is 1640. The Kier molecular flexibility index (Phi) is 62.8. The minimum absolute atomic E-state index is 0.0996. The van der Waals surface area contributed by atoms with E-state index < -0.39 is 6.10 Å². The van der Waals surface area contributed by atoms with Crippen molar-refractivity contribution in [1.29, 1.82) is 0 Å². The average molecular weight is 1100 g/mol. The van der Waals surface area contributed by atoms with E-state index in [9.17, 15) is 14.4 Å². The highest BCUT2D eigenvalue weighted by Crippen LogP contribution is 2.15. The Morgan fingerprint density at radius 3 is 0.823 bits per heavy atom. The molecule has 0 radical (unpaired) electrons. The van der Waals surface area contributed by atoms with E-state index in [1.165, 1.54) is 141 Å². The lowest BCUT2D eigenvalue weighted by atomic mass is 10.0. The number of hydrogen-bond donors (Lipinski definition) is 0. The van der Waals surface area contributed by atoms with Crippen molar-refractivity contribution < 1.29 is 28.6 Å². The summed E-state index contributed by atoms with van der Waals surface area (Å²) in [5, 5.41) is 0. The molecule has 0 aliphatic heterocycles. The normalized spacial score (nSPS) is 12.9. The lowest BCUT2D eigenvalue weighted by molar-refractivity contribution is -0.167. The Morgan fingerprint density at radius 2 is 0.494 bits per heavy atom. The summed E-state index contributed by atoms with van der Waals surface area (Å²) in [6, 6.07) is 0. The second kappa shape index (κ2) is 66.3. The van der Waals surface area contributed by atoms with Crippen molar-refractivity contribution in [1.82, 2.24) is 0 Å². The molecule has 6 nitrogen and oxygen atoms in total. The van der Waals surface area contributed by atoms with Crippen LogP contribution in [-0.4, -0.2) is 37.2 Å². The number of hydrogen-bond acceptors (Lipinski definition) is 6. The molecule has 0 saturated carbocycles. The van der Waals surface area contributed by atoms with Crippen molar-refractivity contribution >= 4 is 17.9 Å². The molecule has 0 heterocycles. The lowest BCUT2D eigenvalue weighted by Gasteiger charge is -2.18. The second-order valence-corrected chi connectivity index (χ2v) is 21.6. The van der Waals surface area contributed by atoms with E-state index in [2.05, 4.69) is 142 Å². The van der Waals surface area contributed by atoms with Crippen LogP contribution in [-0.2, 0) is 28.6 Å². The maximum Gasteiger partial charge on any atom is 0.306 e. The topological polar surface area (TPSA) is 78.9 Å². The minimum atomic E-state index is -0.808. The van der Waals surface area contributed by atoms with Gasteiger partial charge in [0.25, 0.3) is 0 Å². The monoisotopic (exact) mass is 1090 g/mol. The van der Waals surface area contributed by atoms with Gasteiger partial charge in [0.1, 0.15) is 13.2 Å². The van der Waals surface area contributed by atoms with Crippen LogP contribution in [0, 0.1) is 0 Å². The third-order valence-electron chi connectivity index (χ3n) is 13.9. The van der Waals surface area contributed by atoms with E-state index in [1.54, 1.807) is 0 Å². The Hall–Kier alpha value is -4.19. The van der Waals surface area contributed by atoms with E-state index in [1.807, 2.05) is 0 Å². The fourth-order valence-corrected chi connectivity index (χ4v) is 8.98. The van der Waals surface area contributed by atoms with E-state index in [0.717, 1.165) is 122 Å². The summed E-state index contributed by atoms with van der Waals surface area (Å²) < 4.78 is 16.9. The first-order valence-corrected chi connectivity index (χ1v) is 33.0. The van der Waals surface area contributed by atoms with Gasteiger partial charge in [-0.15, -0.1) is 0 Å². The number of carbonyl (C=O) groups excluding carboxylic acids is 3. The first-order valence-electron chi connectivity index (χ1n) is 33.0. The van der Waals surface area contributed by atoms with Crippen LogP contribution in [0.1, 0.15) is 303 Å². The summed E-state index contributed by atoms with van der Waals surface area (Å²) in [7, 11) is 0. The van der Waals surface area contributed by atoms with Gasteiger partial charge in [0.2, 0.25) is 0 Å². The Morgan fingerprint density at radius 1 is 0.266 bits per heavy atom. The first kappa shape index (κ1) is 74.8. The molecule has 0 aromatic carbocycles. The van der Waals surface area contributed by atoms with Gasteiger partial charge in [0.05, 0.1) is 0 Å². The van der Waals surface area contributed by atoms with Crippen molar-refractivity contribution in [2.24, 2.45) is 0 Å². The fraction of sp³-hybridized carbons (Fsp3) is 0.685. The van der Waals surface area contributed by atoms with Gasteiger partial charge in [-0.1, -0.05) is 271 Å². The second-order valence-electron chi connectivity index (χ2n) is 21.6. The molecule has 0 spiro atoms. The first-order chi connectivity index (χ1) is 39.0. The molecule has 0 aliphatic carbocycles. The summed E-state index contributed by atoms with van der Waals surface area (Å²) in [4.78, 5) is 38.3. The van der Waals surface area contributed by atoms with Gasteiger partial charge in [-0.05, 0) is 135 Å². The molecule has 0 bridgehead atoms. The number of rotatable bonds is 59. The zero-order chi connectivity index (χ0) is 57.1. The van der Waals surface area contributed by atoms with Crippen molar-refractivity contribution in [3.8, 4) is 0 Å². The van der Waals surface area contributed by atoms with Crippen LogP contribution >= 0.6 is 0 Å². The van der Waals surface area contributed by atoms with Gasteiger partial charge in [0.15, 0.2) is 6.10 Å². The summed E-state index contributed by atoms with van der Waals surface area (Å²) >= 11 is 0. The van der Waals surface area contributed by atoms with Crippen molar-refractivity contribution in [2.75, 3.05) is 13.2 Å². The molecule has 0 N–H and O–H groups in total. The molecule has 450 valence electrons. The van der Waals surface area contributed by atoms with E-state index >= 15 is 0 Å². The molecular weight excluding hydrogens is 973 g/mol. The third kappa shape index (κ3) is 64.5. The maximum atomic E-state index is 12.9.